The summed E-state index contributed by atoms with van der Waals surface area (Å²) < 4.78 is 0. The molecule has 0 fully saturated rings. The topological polar surface area (TPSA) is 30.0 Å². The van der Waals surface area contributed by atoms with Gasteiger partial charge in [-0.2, -0.15) is 0 Å². The van der Waals surface area contributed by atoms with Gasteiger partial charge in [0, 0.05) is 16.5 Å². The average Bonchev–Trinajstić information content (AvgIpc) is 2.68. The van der Waals surface area contributed by atoms with Crippen LogP contribution in [0.15, 0.2) is 6.20 Å². The van der Waals surface area contributed by atoms with Crippen LogP contribution in [0.2, 0.25) is 5.02 Å². The van der Waals surface area contributed by atoms with Gasteiger partial charge in [-0.25, -0.2) is 4.98 Å². The van der Waals surface area contributed by atoms with Gasteiger partial charge >= 0.3 is 0 Å². The number of aldehydes is 1. The summed E-state index contributed by atoms with van der Waals surface area (Å²) in [7, 11) is 0. The molecular weight excluding hydrogens is 254 g/mol. The van der Waals surface area contributed by atoms with Crippen LogP contribution in [0, 0.1) is 5.92 Å². The number of aromatic nitrogens is 1. The van der Waals surface area contributed by atoms with Gasteiger partial charge in [-0.3, -0.25) is 4.79 Å². The van der Waals surface area contributed by atoms with E-state index in [-0.39, 0.29) is 0 Å². The van der Waals surface area contributed by atoms with Crippen LogP contribution in [0.1, 0.15) is 34.1 Å². The first kappa shape index (κ1) is 11.2. The van der Waals surface area contributed by atoms with Crippen molar-refractivity contribution in [1.82, 2.24) is 4.98 Å². The van der Waals surface area contributed by atoms with E-state index in [9.17, 15) is 4.79 Å². The van der Waals surface area contributed by atoms with Crippen LogP contribution in [-0.2, 0) is 12.8 Å². The highest BCUT2D eigenvalue weighted by Gasteiger charge is 2.23. The SMILES string of the molecule is CC1CCc2sc3ncc(C=O)c(Cl)c3c2C1. The molecular formula is C13H12ClNOS. The lowest BCUT2D eigenvalue weighted by atomic mass is 9.88. The summed E-state index contributed by atoms with van der Waals surface area (Å²) in [6.45, 7) is 2.26. The van der Waals surface area contributed by atoms with E-state index in [1.54, 1.807) is 17.5 Å². The van der Waals surface area contributed by atoms with Gasteiger partial charge in [0.25, 0.3) is 0 Å². The summed E-state index contributed by atoms with van der Waals surface area (Å²) in [6, 6.07) is 0. The number of aryl methyl sites for hydroxylation is 1. The lowest BCUT2D eigenvalue weighted by Crippen LogP contribution is -2.08. The predicted molar refractivity (Wildman–Crippen MR) is 71.2 cm³/mol. The van der Waals surface area contributed by atoms with Crippen LogP contribution >= 0.6 is 22.9 Å². The lowest BCUT2D eigenvalue weighted by molar-refractivity contribution is 0.112. The van der Waals surface area contributed by atoms with Gasteiger partial charge in [0.2, 0.25) is 0 Å². The first-order chi connectivity index (χ1) is 8.20. The smallest absolute Gasteiger partial charge is 0.153 e. The maximum absolute atomic E-state index is 10.9. The van der Waals surface area contributed by atoms with Gasteiger partial charge in [-0.05, 0) is 30.7 Å². The van der Waals surface area contributed by atoms with E-state index >= 15 is 0 Å². The molecule has 2 nitrogen and oxygen atoms in total. The molecule has 3 rings (SSSR count). The van der Waals surface area contributed by atoms with Crippen LogP contribution in [0.4, 0.5) is 0 Å². The molecule has 0 bridgehead atoms. The zero-order chi connectivity index (χ0) is 12.0. The molecule has 2 aromatic heterocycles. The van der Waals surface area contributed by atoms with E-state index in [2.05, 4.69) is 11.9 Å². The Hall–Kier alpha value is -0.930. The molecule has 1 atom stereocenters. The molecule has 88 valence electrons. The van der Waals surface area contributed by atoms with Crippen LogP contribution in [0.3, 0.4) is 0 Å². The van der Waals surface area contributed by atoms with Crippen molar-refractivity contribution in [3.63, 3.8) is 0 Å². The number of pyridine rings is 1. The zero-order valence-corrected chi connectivity index (χ0v) is 11.1. The highest BCUT2D eigenvalue weighted by atomic mass is 35.5. The first-order valence-corrected chi connectivity index (χ1v) is 6.94. The average molecular weight is 266 g/mol. The number of carbonyl (C=O) groups is 1. The van der Waals surface area contributed by atoms with Gasteiger partial charge in [-0.1, -0.05) is 18.5 Å². The number of rotatable bonds is 1. The maximum Gasteiger partial charge on any atom is 0.153 e. The predicted octanol–water partition coefficient (Wildman–Crippen LogP) is 3.89. The zero-order valence-electron chi connectivity index (χ0n) is 9.50. The molecule has 0 aliphatic heterocycles. The van der Waals surface area contributed by atoms with Crippen molar-refractivity contribution in [3.8, 4) is 0 Å². The Labute approximate surface area is 109 Å². The van der Waals surface area contributed by atoms with Gasteiger partial charge in [0.05, 0.1) is 10.6 Å². The van der Waals surface area contributed by atoms with Crippen LogP contribution in [0.5, 0.6) is 0 Å². The molecule has 0 saturated carbocycles. The second kappa shape index (κ2) is 4.07. The Bertz CT molecular complexity index is 605. The van der Waals surface area contributed by atoms with E-state index < -0.39 is 0 Å². The molecule has 0 saturated heterocycles. The molecule has 2 aromatic rings. The van der Waals surface area contributed by atoms with Gasteiger partial charge in [0.15, 0.2) is 6.29 Å². The van der Waals surface area contributed by atoms with Crippen molar-refractivity contribution in [2.45, 2.75) is 26.2 Å². The van der Waals surface area contributed by atoms with Gasteiger partial charge in [-0.15, -0.1) is 11.3 Å². The van der Waals surface area contributed by atoms with Crippen molar-refractivity contribution < 1.29 is 4.79 Å². The van der Waals surface area contributed by atoms with E-state index in [1.165, 1.54) is 16.9 Å². The molecule has 0 spiro atoms. The molecule has 1 aliphatic carbocycles. The molecule has 4 heteroatoms. The van der Waals surface area contributed by atoms with Crippen molar-refractivity contribution in [3.05, 3.63) is 27.2 Å². The van der Waals surface area contributed by atoms with Crippen molar-refractivity contribution in [2.75, 3.05) is 0 Å². The third-order valence-corrected chi connectivity index (χ3v) is 5.02. The standard InChI is InChI=1S/C13H12ClNOS/c1-7-2-3-10-9(4-7)11-12(14)8(6-16)5-15-13(11)17-10/h5-7H,2-4H2,1H3. The Kier molecular flexibility index (Phi) is 2.68. The summed E-state index contributed by atoms with van der Waals surface area (Å²) >= 11 is 8.03. The molecule has 0 radical (unpaired) electrons. The normalized spacial score (nSPS) is 19.3. The number of halogens is 1. The number of thiophene rings is 1. The Morgan fingerprint density at radius 1 is 1.59 bits per heavy atom. The number of carbonyl (C=O) groups excluding carboxylic acids is 1. The summed E-state index contributed by atoms with van der Waals surface area (Å²) in [5.41, 5.74) is 1.82. The minimum Gasteiger partial charge on any atom is -0.298 e. The van der Waals surface area contributed by atoms with E-state index in [1.807, 2.05) is 0 Å². The monoisotopic (exact) mass is 265 g/mol. The molecule has 1 aliphatic rings. The lowest BCUT2D eigenvalue weighted by Gasteiger charge is -2.18. The Morgan fingerprint density at radius 2 is 2.41 bits per heavy atom. The van der Waals surface area contributed by atoms with E-state index in [4.69, 9.17) is 11.6 Å². The van der Waals surface area contributed by atoms with Crippen LogP contribution < -0.4 is 0 Å². The molecule has 0 amide bonds. The maximum atomic E-state index is 10.9. The van der Waals surface area contributed by atoms with Gasteiger partial charge in [0.1, 0.15) is 4.83 Å². The number of nitrogens with zero attached hydrogens (tertiary/aromatic N) is 1. The minimum absolute atomic E-state index is 0.498. The quantitative estimate of drug-likeness (QED) is 0.733. The number of hydrogen-bond donors (Lipinski definition) is 0. The fourth-order valence-electron chi connectivity index (χ4n) is 2.47. The molecule has 2 heterocycles. The van der Waals surface area contributed by atoms with Crippen LogP contribution in [0.25, 0.3) is 10.2 Å². The summed E-state index contributed by atoms with van der Waals surface area (Å²) in [5, 5.41) is 1.60. The molecule has 17 heavy (non-hydrogen) atoms. The third-order valence-electron chi connectivity index (χ3n) is 3.41. The van der Waals surface area contributed by atoms with E-state index in [0.29, 0.717) is 16.5 Å². The van der Waals surface area contributed by atoms with Crippen LogP contribution in [-0.4, -0.2) is 11.3 Å². The van der Waals surface area contributed by atoms with Gasteiger partial charge < -0.3 is 0 Å². The third kappa shape index (κ3) is 1.69. The van der Waals surface area contributed by atoms with Crippen molar-refractivity contribution >= 4 is 39.4 Å². The van der Waals surface area contributed by atoms with E-state index in [0.717, 1.165) is 29.3 Å². The fraction of sp³-hybridized carbons (Fsp3) is 0.385. The molecule has 0 aromatic carbocycles. The largest absolute Gasteiger partial charge is 0.298 e. The first-order valence-electron chi connectivity index (χ1n) is 5.74. The summed E-state index contributed by atoms with van der Waals surface area (Å²) in [6.07, 6.45) is 5.76. The summed E-state index contributed by atoms with van der Waals surface area (Å²) in [5.74, 6) is 0.691. The molecule has 1 unspecified atom stereocenters. The number of fused-ring (bicyclic) bond motifs is 3. The second-order valence-corrected chi connectivity index (χ2v) is 6.14. The highest BCUT2D eigenvalue weighted by Crippen LogP contribution is 2.40. The Morgan fingerprint density at radius 3 is 3.18 bits per heavy atom. The molecule has 0 N–H and O–H groups in total. The second-order valence-electron chi connectivity index (χ2n) is 4.68. The minimum atomic E-state index is 0.498. The fourth-order valence-corrected chi connectivity index (χ4v) is 4.02. The van der Waals surface area contributed by atoms with Crippen molar-refractivity contribution in [1.29, 1.82) is 0 Å². The highest BCUT2D eigenvalue weighted by molar-refractivity contribution is 7.19. The number of hydrogen-bond acceptors (Lipinski definition) is 3. The van der Waals surface area contributed by atoms with Crippen molar-refractivity contribution in [2.24, 2.45) is 5.92 Å². The summed E-state index contributed by atoms with van der Waals surface area (Å²) in [4.78, 5) is 17.6. The Balaban J connectivity index is 2.31.